The van der Waals surface area contributed by atoms with Gasteiger partial charge < -0.3 is 10.2 Å². The van der Waals surface area contributed by atoms with Crippen LogP contribution < -0.4 is 10.2 Å². The average molecular weight is 411 g/mol. The predicted octanol–water partition coefficient (Wildman–Crippen LogP) is 3.65. The smallest absolute Gasteiger partial charge is 0.271 e. The summed E-state index contributed by atoms with van der Waals surface area (Å²) in [6, 6.07) is 15.9. The SMILES string of the molecule is O=C(NC[C@@H]1CCN(c2ccc(Br)cc2)C1)c1cnc2ccccc2n1. The number of aromatic nitrogens is 2. The summed E-state index contributed by atoms with van der Waals surface area (Å²) in [6.07, 6.45) is 2.61. The van der Waals surface area contributed by atoms with Gasteiger partial charge in [-0.05, 0) is 48.7 Å². The fourth-order valence-corrected chi connectivity index (χ4v) is 3.54. The normalized spacial score (nSPS) is 16.8. The van der Waals surface area contributed by atoms with Gasteiger partial charge in [-0.25, -0.2) is 4.98 Å². The van der Waals surface area contributed by atoms with E-state index in [1.54, 1.807) is 6.20 Å². The fourth-order valence-electron chi connectivity index (χ4n) is 3.28. The molecule has 0 radical (unpaired) electrons. The number of benzene rings is 2. The number of nitrogens with one attached hydrogen (secondary N) is 1. The summed E-state index contributed by atoms with van der Waals surface area (Å²) in [5.74, 6) is 0.279. The lowest BCUT2D eigenvalue weighted by Gasteiger charge is -2.19. The van der Waals surface area contributed by atoms with Crippen LogP contribution in [0.25, 0.3) is 11.0 Å². The number of anilines is 1. The lowest BCUT2D eigenvalue weighted by atomic mass is 10.1. The van der Waals surface area contributed by atoms with Crippen LogP contribution in [0.4, 0.5) is 5.69 Å². The number of hydrogen-bond acceptors (Lipinski definition) is 4. The van der Waals surface area contributed by atoms with Crippen molar-refractivity contribution in [2.24, 2.45) is 5.92 Å². The molecule has 0 aliphatic carbocycles. The van der Waals surface area contributed by atoms with E-state index < -0.39 is 0 Å². The van der Waals surface area contributed by atoms with E-state index in [1.807, 2.05) is 24.3 Å². The Hall–Kier alpha value is -2.47. The maximum Gasteiger partial charge on any atom is 0.271 e. The molecule has 1 N–H and O–H groups in total. The number of hydrogen-bond donors (Lipinski definition) is 1. The van der Waals surface area contributed by atoms with E-state index in [1.165, 1.54) is 5.69 Å². The van der Waals surface area contributed by atoms with Crippen LogP contribution in [0.1, 0.15) is 16.9 Å². The van der Waals surface area contributed by atoms with Gasteiger partial charge in [0.2, 0.25) is 0 Å². The van der Waals surface area contributed by atoms with Gasteiger partial charge in [-0.3, -0.25) is 9.78 Å². The number of rotatable bonds is 4. The van der Waals surface area contributed by atoms with Crippen LogP contribution in [-0.2, 0) is 0 Å². The number of carbonyl (C=O) groups excluding carboxylic acids is 1. The van der Waals surface area contributed by atoms with Crippen molar-refractivity contribution < 1.29 is 4.79 Å². The Balaban J connectivity index is 1.35. The molecule has 1 aliphatic heterocycles. The number of nitrogens with zero attached hydrogens (tertiary/aromatic N) is 3. The highest BCUT2D eigenvalue weighted by Crippen LogP contribution is 2.25. The van der Waals surface area contributed by atoms with E-state index in [9.17, 15) is 4.79 Å². The van der Waals surface area contributed by atoms with Crippen molar-refractivity contribution in [1.82, 2.24) is 15.3 Å². The Morgan fingerprint density at radius 1 is 1.15 bits per heavy atom. The quantitative estimate of drug-likeness (QED) is 0.712. The van der Waals surface area contributed by atoms with E-state index in [2.05, 4.69) is 60.4 Å². The molecule has 2 heterocycles. The van der Waals surface area contributed by atoms with E-state index in [-0.39, 0.29) is 5.91 Å². The van der Waals surface area contributed by atoms with Gasteiger partial charge in [0, 0.05) is 29.8 Å². The molecule has 6 heteroatoms. The molecule has 0 unspecified atom stereocenters. The zero-order chi connectivity index (χ0) is 17.9. The van der Waals surface area contributed by atoms with E-state index in [0.29, 0.717) is 18.2 Å². The number of para-hydroxylation sites is 2. The summed E-state index contributed by atoms with van der Waals surface area (Å²) in [7, 11) is 0. The van der Waals surface area contributed by atoms with Crippen molar-refractivity contribution in [1.29, 1.82) is 0 Å². The van der Waals surface area contributed by atoms with Gasteiger partial charge in [0.25, 0.3) is 5.91 Å². The first kappa shape index (κ1) is 17.0. The lowest BCUT2D eigenvalue weighted by Crippen LogP contribution is -2.31. The largest absolute Gasteiger partial charge is 0.371 e. The van der Waals surface area contributed by atoms with Crippen molar-refractivity contribution in [3.8, 4) is 0 Å². The van der Waals surface area contributed by atoms with Crippen LogP contribution >= 0.6 is 15.9 Å². The number of carbonyl (C=O) groups is 1. The first-order chi connectivity index (χ1) is 12.7. The molecular formula is C20H19BrN4O. The topological polar surface area (TPSA) is 58.1 Å². The molecule has 1 atom stereocenters. The van der Waals surface area contributed by atoms with Gasteiger partial charge in [0.1, 0.15) is 5.69 Å². The minimum absolute atomic E-state index is 0.162. The monoisotopic (exact) mass is 410 g/mol. The van der Waals surface area contributed by atoms with Gasteiger partial charge in [-0.2, -0.15) is 0 Å². The van der Waals surface area contributed by atoms with Crippen molar-refractivity contribution in [3.05, 3.63) is 64.9 Å². The zero-order valence-corrected chi connectivity index (χ0v) is 15.8. The molecule has 1 saturated heterocycles. The molecule has 4 rings (SSSR count). The van der Waals surface area contributed by atoms with Crippen molar-refractivity contribution >= 4 is 38.6 Å². The summed E-state index contributed by atoms with van der Waals surface area (Å²) in [5.41, 5.74) is 3.13. The minimum atomic E-state index is -0.162. The number of amides is 1. The third-order valence-corrected chi connectivity index (χ3v) is 5.24. The van der Waals surface area contributed by atoms with Gasteiger partial charge in [0.15, 0.2) is 0 Å². The Bertz CT molecular complexity index is 929. The molecule has 0 saturated carbocycles. The van der Waals surface area contributed by atoms with Crippen molar-refractivity contribution in [2.45, 2.75) is 6.42 Å². The van der Waals surface area contributed by atoms with Crippen LogP contribution in [0.5, 0.6) is 0 Å². The van der Waals surface area contributed by atoms with E-state index in [0.717, 1.165) is 35.0 Å². The maximum absolute atomic E-state index is 12.4. The molecule has 0 bridgehead atoms. The molecule has 1 aliphatic rings. The summed E-state index contributed by atoms with van der Waals surface area (Å²) >= 11 is 3.47. The fraction of sp³-hybridized carbons (Fsp3) is 0.250. The molecule has 1 fully saturated rings. The second-order valence-electron chi connectivity index (χ2n) is 6.53. The highest BCUT2D eigenvalue weighted by Gasteiger charge is 2.23. The molecule has 5 nitrogen and oxygen atoms in total. The summed E-state index contributed by atoms with van der Waals surface area (Å²) in [4.78, 5) is 23.5. The Kier molecular flexibility index (Phi) is 4.84. The zero-order valence-electron chi connectivity index (χ0n) is 14.2. The number of halogens is 1. The summed E-state index contributed by atoms with van der Waals surface area (Å²) < 4.78 is 1.08. The van der Waals surface area contributed by atoms with Gasteiger partial charge in [-0.15, -0.1) is 0 Å². The van der Waals surface area contributed by atoms with Gasteiger partial charge >= 0.3 is 0 Å². The third kappa shape index (κ3) is 3.70. The molecule has 3 aromatic rings. The summed E-state index contributed by atoms with van der Waals surface area (Å²) in [6.45, 7) is 2.61. The molecule has 2 aromatic carbocycles. The van der Waals surface area contributed by atoms with Crippen LogP contribution in [0.3, 0.4) is 0 Å². The summed E-state index contributed by atoms with van der Waals surface area (Å²) in [5, 5.41) is 3.01. The Labute approximate surface area is 160 Å². The van der Waals surface area contributed by atoms with Gasteiger partial charge in [0.05, 0.1) is 17.2 Å². The highest BCUT2D eigenvalue weighted by atomic mass is 79.9. The maximum atomic E-state index is 12.4. The minimum Gasteiger partial charge on any atom is -0.371 e. The predicted molar refractivity (Wildman–Crippen MR) is 106 cm³/mol. The molecular weight excluding hydrogens is 392 g/mol. The van der Waals surface area contributed by atoms with Crippen LogP contribution in [-0.4, -0.2) is 35.5 Å². The second kappa shape index (κ2) is 7.41. The van der Waals surface area contributed by atoms with E-state index in [4.69, 9.17) is 0 Å². The average Bonchev–Trinajstić information content (AvgIpc) is 3.15. The standard InChI is InChI=1S/C20H19BrN4O/c21-15-5-7-16(8-6-15)25-10-9-14(13-25)11-23-20(26)19-12-22-17-3-1-2-4-18(17)24-19/h1-8,12,14H,9-11,13H2,(H,23,26)/t14-/m0/s1. The lowest BCUT2D eigenvalue weighted by molar-refractivity contribution is 0.0943. The highest BCUT2D eigenvalue weighted by molar-refractivity contribution is 9.10. The van der Waals surface area contributed by atoms with Gasteiger partial charge in [-0.1, -0.05) is 28.1 Å². The first-order valence-electron chi connectivity index (χ1n) is 8.69. The van der Waals surface area contributed by atoms with E-state index >= 15 is 0 Å². The third-order valence-electron chi connectivity index (χ3n) is 4.71. The second-order valence-corrected chi connectivity index (χ2v) is 7.45. The molecule has 1 aromatic heterocycles. The van der Waals surface area contributed by atoms with Crippen molar-refractivity contribution in [3.63, 3.8) is 0 Å². The van der Waals surface area contributed by atoms with Crippen LogP contribution in [0.15, 0.2) is 59.2 Å². The van der Waals surface area contributed by atoms with Crippen LogP contribution in [0, 0.1) is 5.92 Å². The van der Waals surface area contributed by atoms with Crippen molar-refractivity contribution in [2.75, 3.05) is 24.5 Å². The Morgan fingerprint density at radius 2 is 1.92 bits per heavy atom. The number of fused-ring (bicyclic) bond motifs is 1. The molecule has 0 spiro atoms. The molecule has 26 heavy (non-hydrogen) atoms. The molecule has 1 amide bonds. The first-order valence-corrected chi connectivity index (χ1v) is 9.49. The Morgan fingerprint density at radius 3 is 2.73 bits per heavy atom. The molecule has 132 valence electrons. The van der Waals surface area contributed by atoms with Crippen LogP contribution in [0.2, 0.25) is 0 Å².